The molecular formula is C24H30N2O3. The normalized spacial score (nSPS) is 18.9. The van der Waals surface area contributed by atoms with Gasteiger partial charge in [-0.05, 0) is 49.9 Å². The molecule has 0 aromatic heterocycles. The van der Waals surface area contributed by atoms with Gasteiger partial charge < -0.3 is 15.0 Å². The van der Waals surface area contributed by atoms with Crippen LogP contribution in [-0.4, -0.2) is 36.9 Å². The lowest BCUT2D eigenvalue weighted by Crippen LogP contribution is -2.52. The quantitative estimate of drug-likeness (QED) is 0.816. The Morgan fingerprint density at radius 2 is 1.72 bits per heavy atom. The van der Waals surface area contributed by atoms with Gasteiger partial charge in [0, 0.05) is 19.6 Å². The van der Waals surface area contributed by atoms with Crippen LogP contribution in [0.2, 0.25) is 0 Å². The number of hydrogen-bond donors (Lipinski definition) is 1. The topological polar surface area (TPSA) is 58.6 Å². The predicted octanol–water partition coefficient (Wildman–Crippen LogP) is 3.49. The molecule has 5 heteroatoms. The molecular weight excluding hydrogens is 364 g/mol. The van der Waals surface area contributed by atoms with Crippen molar-refractivity contribution >= 4 is 11.8 Å². The lowest BCUT2D eigenvalue weighted by atomic mass is 9.80. The van der Waals surface area contributed by atoms with E-state index >= 15 is 0 Å². The van der Waals surface area contributed by atoms with E-state index in [0.29, 0.717) is 26.1 Å². The standard InChI is InChI=1S/C24H30N2O3/c1-18-5-7-20(8-6-18)16-25-23(28)24(2)13-4-14-26(17-24)22(27)15-19-9-11-21(29-3)12-10-19/h5-12H,4,13-17H2,1-3H3,(H,25,28)/t24-/m1/s1. The summed E-state index contributed by atoms with van der Waals surface area (Å²) in [4.78, 5) is 27.5. The van der Waals surface area contributed by atoms with Crippen molar-refractivity contribution in [3.63, 3.8) is 0 Å². The molecule has 3 rings (SSSR count). The Morgan fingerprint density at radius 3 is 2.38 bits per heavy atom. The number of amides is 2. The fourth-order valence-corrected chi connectivity index (χ4v) is 3.77. The SMILES string of the molecule is COc1ccc(CC(=O)N2CCC[C@@](C)(C(=O)NCc3ccc(C)cc3)C2)cc1. The van der Waals surface area contributed by atoms with Gasteiger partial charge in [0.05, 0.1) is 18.9 Å². The summed E-state index contributed by atoms with van der Waals surface area (Å²) >= 11 is 0. The van der Waals surface area contributed by atoms with Crippen molar-refractivity contribution in [1.82, 2.24) is 10.2 Å². The monoisotopic (exact) mass is 394 g/mol. The largest absolute Gasteiger partial charge is 0.497 e. The van der Waals surface area contributed by atoms with Crippen LogP contribution in [0.1, 0.15) is 36.5 Å². The second kappa shape index (κ2) is 9.12. The maximum atomic E-state index is 12.9. The molecule has 2 aromatic rings. The molecule has 2 amide bonds. The molecule has 0 spiro atoms. The number of ether oxygens (including phenoxy) is 1. The second-order valence-corrected chi connectivity index (χ2v) is 8.17. The molecule has 29 heavy (non-hydrogen) atoms. The van der Waals surface area contributed by atoms with Gasteiger partial charge in [0.15, 0.2) is 0 Å². The molecule has 1 saturated heterocycles. The molecule has 1 aliphatic heterocycles. The number of aryl methyl sites for hydroxylation is 1. The fourth-order valence-electron chi connectivity index (χ4n) is 3.77. The Hall–Kier alpha value is -2.82. The number of carbonyl (C=O) groups excluding carboxylic acids is 2. The van der Waals surface area contributed by atoms with Crippen molar-refractivity contribution in [3.8, 4) is 5.75 Å². The van der Waals surface area contributed by atoms with Crippen LogP contribution in [0.4, 0.5) is 0 Å². The minimum Gasteiger partial charge on any atom is -0.497 e. The summed E-state index contributed by atoms with van der Waals surface area (Å²) in [6.07, 6.45) is 1.97. The van der Waals surface area contributed by atoms with Crippen LogP contribution in [0, 0.1) is 12.3 Å². The molecule has 154 valence electrons. The molecule has 2 aromatic carbocycles. The number of piperidine rings is 1. The molecule has 0 saturated carbocycles. The highest BCUT2D eigenvalue weighted by Crippen LogP contribution is 2.30. The Labute approximate surface area is 173 Å². The Kier molecular flexibility index (Phi) is 6.57. The van der Waals surface area contributed by atoms with Crippen molar-refractivity contribution < 1.29 is 14.3 Å². The first-order valence-corrected chi connectivity index (χ1v) is 10.1. The molecule has 1 atom stereocenters. The van der Waals surface area contributed by atoms with E-state index in [2.05, 4.69) is 5.32 Å². The minimum absolute atomic E-state index is 0.0139. The number of nitrogens with zero attached hydrogens (tertiary/aromatic N) is 1. The number of methoxy groups -OCH3 is 1. The van der Waals surface area contributed by atoms with E-state index in [9.17, 15) is 9.59 Å². The van der Waals surface area contributed by atoms with Crippen LogP contribution >= 0.6 is 0 Å². The van der Waals surface area contributed by atoms with Gasteiger partial charge in [-0.1, -0.05) is 42.0 Å². The second-order valence-electron chi connectivity index (χ2n) is 8.17. The molecule has 0 radical (unpaired) electrons. The van der Waals surface area contributed by atoms with Gasteiger partial charge in [-0.3, -0.25) is 9.59 Å². The molecule has 0 aliphatic carbocycles. The van der Waals surface area contributed by atoms with Gasteiger partial charge in [-0.15, -0.1) is 0 Å². The van der Waals surface area contributed by atoms with Crippen molar-refractivity contribution in [1.29, 1.82) is 0 Å². The van der Waals surface area contributed by atoms with Crippen LogP contribution in [0.25, 0.3) is 0 Å². The van der Waals surface area contributed by atoms with Crippen molar-refractivity contribution in [2.75, 3.05) is 20.2 Å². The third-order valence-electron chi connectivity index (χ3n) is 5.69. The summed E-state index contributed by atoms with van der Waals surface area (Å²) in [5.41, 5.74) is 2.67. The first kappa shape index (κ1) is 20.9. The van der Waals surface area contributed by atoms with Crippen LogP contribution in [0.5, 0.6) is 5.75 Å². The van der Waals surface area contributed by atoms with E-state index in [1.807, 2.05) is 67.3 Å². The third-order valence-corrected chi connectivity index (χ3v) is 5.69. The number of rotatable bonds is 6. The molecule has 0 unspecified atom stereocenters. The highest BCUT2D eigenvalue weighted by atomic mass is 16.5. The third kappa shape index (κ3) is 5.37. The lowest BCUT2D eigenvalue weighted by molar-refractivity contribution is -0.140. The maximum absolute atomic E-state index is 12.9. The molecule has 1 N–H and O–H groups in total. The zero-order valence-electron chi connectivity index (χ0n) is 17.5. The Morgan fingerprint density at radius 1 is 1.07 bits per heavy atom. The summed E-state index contributed by atoms with van der Waals surface area (Å²) in [6, 6.07) is 15.7. The number of benzene rings is 2. The van der Waals surface area contributed by atoms with Gasteiger partial charge >= 0.3 is 0 Å². The highest BCUT2D eigenvalue weighted by molar-refractivity contribution is 5.84. The van der Waals surface area contributed by atoms with Gasteiger partial charge in [0.2, 0.25) is 11.8 Å². The van der Waals surface area contributed by atoms with Crippen LogP contribution in [-0.2, 0) is 22.6 Å². The van der Waals surface area contributed by atoms with E-state index < -0.39 is 5.41 Å². The highest BCUT2D eigenvalue weighted by Gasteiger charge is 2.39. The van der Waals surface area contributed by atoms with Crippen molar-refractivity contribution in [2.45, 2.75) is 39.7 Å². The summed E-state index contributed by atoms with van der Waals surface area (Å²) in [5, 5.41) is 3.06. The molecule has 1 fully saturated rings. The predicted molar refractivity (Wildman–Crippen MR) is 114 cm³/mol. The number of nitrogens with one attached hydrogen (secondary N) is 1. The molecule has 5 nitrogen and oxygen atoms in total. The summed E-state index contributed by atoms with van der Waals surface area (Å²) in [6.45, 7) is 5.68. The first-order valence-electron chi connectivity index (χ1n) is 10.1. The van der Waals surface area contributed by atoms with E-state index in [-0.39, 0.29) is 11.8 Å². The smallest absolute Gasteiger partial charge is 0.227 e. The van der Waals surface area contributed by atoms with Gasteiger partial charge in [-0.2, -0.15) is 0 Å². The van der Waals surface area contributed by atoms with Crippen LogP contribution in [0.3, 0.4) is 0 Å². The van der Waals surface area contributed by atoms with Gasteiger partial charge in [0.25, 0.3) is 0 Å². The summed E-state index contributed by atoms with van der Waals surface area (Å²) in [5.74, 6) is 0.851. The van der Waals surface area contributed by atoms with E-state index in [1.165, 1.54) is 5.56 Å². The zero-order chi connectivity index (χ0) is 20.9. The fraction of sp³-hybridized carbons (Fsp3) is 0.417. The first-order chi connectivity index (χ1) is 13.9. The molecule has 1 aliphatic rings. The van der Waals surface area contributed by atoms with E-state index in [4.69, 9.17) is 4.74 Å². The van der Waals surface area contributed by atoms with Crippen molar-refractivity contribution in [2.24, 2.45) is 5.41 Å². The van der Waals surface area contributed by atoms with Crippen molar-refractivity contribution in [3.05, 3.63) is 65.2 Å². The lowest BCUT2D eigenvalue weighted by Gasteiger charge is -2.39. The number of likely N-dealkylation sites (tertiary alicyclic amines) is 1. The average molecular weight is 395 g/mol. The summed E-state index contributed by atoms with van der Waals surface area (Å²) in [7, 11) is 1.62. The zero-order valence-corrected chi connectivity index (χ0v) is 17.5. The molecule has 1 heterocycles. The van der Waals surface area contributed by atoms with E-state index in [1.54, 1.807) is 7.11 Å². The van der Waals surface area contributed by atoms with Gasteiger partial charge in [0.1, 0.15) is 5.75 Å². The van der Waals surface area contributed by atoms with Gasteiger partial charge in [-0.25, -0.2) is 0 Å². The maximum Gasteiger partial charge on any atom is 0.227 e. The Balaban J connectivity index is 1.57. The average Bonchev–Trinajstić information content (AvgIpc) is 2.73. The molecule has 0 bridgehead atoms. The Bertz CT molecular complexity index is 845. The summed E-state index contributed by atoms with van der Waals surface area (Å²) < 4.78 is 5.17. The number of hydrogen-bond acceptors (Lipinski definition) is 3. The van der Waals surface area contributed by atoms with Crippen LogP contribution < -0.4 is 10.1 Å². The minimum atomic E-state index is -0.557. The van der Waals surface area contributed by atoms with Crippen LogP contribution in [0.15, 0.2) is 48.5 Å². The van der Waals surface area contributed by atoms with E-state index in [0.717, 1.165) is 29.7 Å². The number of carbonyl (C=O) groups is 2.